The van der Waals surface area contributed by atoms with Crippen molar-refractivity contribution in [2.75, 3.05) is 34.0 Å². The lowest BCUT2D eigenvalue weighted by Crippen LogP contribution is -2.39. The van der Waals surface area contributed by atoms with Gasteiger partial charge in [0.1, 0.15) is 28.5 Å². The van der Waals surface area contributed by atoms with E-state index in [4.69, 9.17) is 28.8 Å². The Morgan fingerprint density at radius 3 is 1.36 bits per heavy atom. The number of H-pyrrole nitrogens is 6. The van der Waals surface area contributed by atoms with Gasteiger partial charge in [0, 0.05) is 19.7 Å². The second kappa shape index (κ2) is 33.3. The fourth-order valence-corrected chi connectivity index (χ4v) is 8.00. The van der Waals surface area contributed by atoms with Crippen molar-refractivity contribution in [1.29, 1.82) is 0 Å². The zero-order chi connectivity index (χ0) is 69.5. The first-order valence-electron chi connectivity index (χ1n) is 26.9. The van der Waals surface area contributed by atoms with Crippen LogP contribution in [0.15, 0.2) is 123 Å². The van der Waals surface area contributed by atoms with E-state index >= 15 is 0 Å². The van der Waals surface area contributed by atoms with Gasteiger partial charge >= 0.3 is 73.7 Å². The topological polar surface area (TPSA) is 497 Å². The van der Waals surface area contributed by atoms with E-state index in [2.05, 4.69) is 15.0 Å². The number of aliphatic carboxylic acids is 1. The van der Waals surface area contributed by atoms with Gasteiger partial charge in [-0.2, -0.15) is 0 Å². The van der Waals surface area contributed by atoms with Gasteiger partial charge in [-0.15, -0.1) is 0 Å². The molecule has 4 aromatic carbocycles. The average Bonchev–Trinajstić information content (AvgIpc) is 0.805. The molecule has 8 rings (SSSR count). The minimum atomic E-state index is -1.20. The number of hydrogen-bond donors (Lipinski definition) is 7. The number of aromatic nitrogens is 8. The maximum Gasteiger partial charge on any atom is 0.357 e. The molecule has 0 unspecified atom stereocenters. The van der Waals surface area contributed by atoms with Crippen molar-refractivity contribution in [2.45, 2.75) is 20.8 Å². The number of nitrogens with one attached hydrogen (secondary N) is 6. The Hall–Kier alpha value is -13.4. The molecule has 0 bridgehead atoms. The monoisotopic (exact) mass is 1300 g/mol. The van der Waals surface area contributed by atoms with Crippen LogP contribution in [-0.4, -0.2) is 104 Å². The molecule has 8 aromatic rings. The lowest BCUT2D eigenvalue weighted by atomic mass is 10.1. The van der Waals surface area contributed by atoms with E-state index in [1.807, 2.05) is 60.0 Å². The number of ether oxygens (including phenoxy) is 5. The SMILES string of the molecule is CCOc1ccc(/C=C/c2[nH]c(=O)[nH]c(=O)c2[N+](=O)[O-])cc1.CCOc1ccc(/C=C/c2[nH]c(=O)[nH]c(=O)c2[N+](=O)[O-])cc1OC.COc1cccc(/C=C/c2c([N+](=O)[O-])c(=O)n(C)c(=O)n2C)c1OCC(=O)O.Cc1ccc(/C=C/c2[nH]c(=O)[nH]c(=O)c2[N+](=O)[O-])cc1. The van der Waals surface area contributed by atoms with E-state index in [-0.39, 0.29) is 34.3 Å². The van der Waals surface area contributed by atoms with Gasteiger partial charge in [0.2, 0.25) is 0 Å². The van der Waals surface area contributed by atoms with Gasteiger partial charge in [0.15, 0.2) is 29.6 Å². The Balaban J connectivity index is 0.000000229. The highest BCUT2D eigenvalue weighted by Gasteiger charge is 2.25. The normalized spacial score (nSPS) is 10.8. The molecule has 0 saturated heterocycles. The predicted octanol–water partition coefficient (Wildman–Crippen LogP) is 5.17. The Morgan fingerprint density at radius 2 is 0.936 bits per heavy atom. The summed E-state index contributed by atoms with van der Waals surface area (Å²) in [5.41, 5.74) is -7.32. The number of aromatic amines is 6. The summed E-state index contributed by atoms with van der Waals surface area (Å²) >= 11 is 0. The number of nitro groups is 4. The van der Waals surface area contributed by atoms with Crippen molar-refractivity contribution in [2.24, 2.45) is 14.1 Å². The quantitative estimate of drug-likeness (QED) is 0.0360. The standard InChI is InChI=1S/C17H17N3O8.C15H15N3O6.C14H13N3O5.C13H11N3O4/c1-18-11(14(20(25)26)16(23)19(2)17(18)24)8-7-10-5-4-6-12(27-3)15(10)28-9-13(21)22;1-3-24-11-7-5-9(8-12(11)23-2)4-6-10-13(18(21)22)14(19)17-15(20)16-10;1-2-22-10-6-3-9(4-7-10)5-8-11-12(17(20)21)13(18)16-14(19)15-11;1-8-2-4-9(5-3-8)6-7-10-11(16(19)20)12(17)15-13(18)14-10/h4-8H,9H2,1-3H3,(H,21,22);4-8H,3H2,1-2H3,(H2,16,17,19,20);3-8H,2H2,1H3,(H2,15,16,18,19);2-7H,1H3,(H2,14,15,17,18)/b8-7+;6-4+;8-5+;7-6+. The van der Waals surface area contributed by atoms with Crippen molar-refractivity contribution < 1.29 is 53.3 Å². The van der Waals surface area contributed by atoms with E-state index in [0.717, 1.165) is 28.3 Å². The van der Waals surface area contributed by atoms with Crippen LogP contribution in [0.5, 0.6) is 28.7 Å². The van der Waals surface area contributed by atoms with Gasteiger partial charge in [-0.25, -0.2) is 24.0 Å². The van der Waals surface area contributed by atoms with Gasteiger partial charge in [0.05, 0.1) is 47.1 Å². The number of hydrogen-bond acceptors (Lipinski definition) is 22. The molecule has 35 nitrogen and oxygen atoms in total. The molecule has 4 heterocycles. The largest absolute Gasteiger partial charge is 0.494 e. The molecular weight excluding hydrogens is 1240 g/mol. The van der Waals surface area contributed by atoms with Gasteiger partial charge in [-0.1, -0.05) is 78.4 Å². The summed E-state index contributed by atoms with van der Waals surface area (Å²) in [5, 5.41) is 52.9. The average molecular weight is 1300 g/mol. The molecule has 0 amide bonds. The minimum Gasteiger partial charge on any atom is -0.494 e. The predicted molar refractivity (Wildman–Crippen MR) is 341 cm³/mol. The number of carbonyl (C=O) groups is 1. The van der Waals surface area contributed by atoms with Crippen LogP contribution in [0.4, 0.5) is 22.7 Å². The third kappa shape index (κ3) is 19.3. The van der Waals surface area contributed by atoms with E-state index in [1.54, 1.807) is 72.8 Å². The first kappa shape index (κ1) is 71.4. The molecular formula is C59H56N12O23. The highest BCUT2D eigenvalue weighted by atomic mass is 16.6. The Kier molecular flexibility index (Phi) is 25.3. The molecule has 35 heteroatoms. The Morgan fingerprint density at radius 1 is 0.500 bits per heavy atom. The number of carboxylic acids is 1. The van der Waals surface area contributed by atoms with Gasteiger partial charge < -0.3 is 43.7 Å². The van der Waals surface area contributed by atoms with Crippen molar-refractivity contribution in [3.8, 4) is 28.7 Å². The van der Waals surface area contributed by atoms with Crippen LogP contribution in [0.1, 0.15) is 64.4 Å². The van der Waals surface area contributed by atoms with E-state index in [1.165, 1.54) is 57.7 Å². The molecule has 7 N–H and O–H groups in total. The summed E-state index contributed by atoms with van der Waals surface area (Å²) in [6.45, 7) is 6.05. The lowest BCUT2D eigenvalue weighted by molar-refractivity contribution is -0.387. The maximum absolute atomic E-state index is 12.1. The van der Waals surface area contributed by atoms with Crippen molar-refractivity contribution in [3.05, 3.63) is 259 Å². The molecule has 0 atom stereocenters. The van der Waals surface area contributed by atoms with Crippen molar-refractivity contribution >= 4 is 77.3 Å². The second-order valence-electron chi connectivity index (χ2n) is 18.6. The van der Waals surface area contributed by atoms with Crippen LogP contribution in [0.3, 0.4) is 0 Å². The van der Waals surface area contributed by atoms with Crippen LogP contribution in [0.2, 0.25) is 0 Å². The first-order chi connectivity index (χ1) is 44.6. The summed E-state index contributed by atoms with van der Waals surface area (Å²) in [6.07, 6.45) is 11.1. The van der Waals surface area contributed by atoms with E-state index in [9.17, 15) is 83.6 Å². The summed E-state index contributed by atoms with van der Waals surface area (Å²) in [6, 6.07) is 24.2. The number of rotatable bonds is 21. The highest BCUT2D eigenvalue weighted by Crippen LogP contribution is 2.33. The number of benzene rings is 4. The third-order valence-electron chi connectivity index (χ3n) is 12.3. The maximum atomic E-state index is 12.1. The molecule has 94 heavy (non-hydrogen) atoms. The summed E-state index contributed by atoms with van der Waals surface area (Å²) in [5.74, 6) is 0.900. The van der Waals surface area contributed by atoms with Gasteiger partial charge in [-0.05, 0) is 98.2 Å². The molecule has 0 spiro atoms. The first-order valence-corrected chi connectivity index (χ1v) is 26.9. The molecule has 0 saturated carbocycles. The van der Waals surface area contributed by atoms with Crippen LogP contribution in [-0.2, 0) is 18.9 Å². The highest BCUT2D eigenvalue weighted by molar-refractivity contribution is 5.77. The molecule has 0 aliphatic rings. The molecule has 0 radical (unpaired) electrons. The molecule has 0 aliphatic heterocycles. The number of carboxylic acid groups (broad SMARTS) is 1. The van der Waals surface area contributed by atoms with E-state index < -0.39 is 100 Å². The minimum absolute atomic E-state index is 0.0973. The number of methoxy groups -OCH3 is 2. The number of aryl methyl sites for hydroxylation is 1. The Labute approximate surface area is 525 Å². The van der Waals surface area contributed by atoms with Crippen LogP contribution >= 0.6 is 0 Å². The molecule has 0 fully saturated rings. The molecule has 4 aromatic heterocycles. The fraction of sp³-hybridized carbons (Fsp3) is 0.169. The van der Waals surface area contributed by atoms with E-state index in [0.29, 0.717) is 46.2 Å². The van der Waals surface area contributed by atoms with Crippen LogP contribution in [0, 0.1) is 47.4 Å². The van der Waals surface area contributed by atoms with Crippen LogP contribution in [0.25, 0.3) is 48.6 Å². The number of para-hydroxylation sites is 1. The van der Waals surface area contributed by atoms with Gasteiger partial charge in [-0.3, -0.25) is 83.7 Å². The summed E-state index contributed by atoms with van der Waals surface area (Å²) < 4.78 is 27.9. The van der Waals surface area contributed by atoms with Crippen molar-refractivity contribution in [3.63, 3.8) is 0 Å². The smallest absolute Gasteiger partial charge is 0.357 e. The lowest BCUT2D eigenvalue weighted by Gasteiger charge is -2.12. The number of nitrogens with zero attached hydrogens (tertiary/aromatic N) is 6. The second-order valence-corrected chi connectivity index (χ2v) is 18.6. The zero-order valence-corrected chi connectivity index (χ0v) is 50.4. The van der Waals surface area contributed by atoms with Crippen LogP contribution < -0.4 is 68.7 Å². The Bertz CT molecular complexity index is 4780. The summed E-state index contributed by atoms with van der Waals surface area (Å²) in [7, 11) is 5.29. The molecule has 490 valence electrons. The van der Waals surface area contributed by atoms with Crippen molar-refractivity contribution in [1.82, 2.24) is 39.0 Å². The van der Waals surface area contributed by atoms with Gasteiger partial charge in [0.25, 0.3) is 0 Å². The molecule has 0 aliphatic carbocycles. The zero-order valence-electron chi connectivity index (χ0n) is 50.4. The summed E-state index contributed by atoms with van der Waals surface area (Å²) in [4.78, 5) is 156. The third-order valence-corrected chi connectivity index (χ3v) is 12.3. The fourth-order valence-electron chi connectivity index (χ4n) is 8.00.